The Hall–Kier alpha value is -3.09. The van der Waals surface area contributed by atoms with Crippen molar-refractivity contribution in [2.45, 2.75) is 25.3 Å². The van der Waals surface area contributed by atoms with Crippen molar-refractivity contribution in [2.24, 2.45) is 0 Å². The van der Waals surface area contributed by atoms with Crippen LogP contribution in [0.25, 0.3) is 22.1 Å². The second-order valence-corrected chi connectivity index (χ2v) is 6.24. The van der Waals surface area contributed by atoms with Crippen LogP contribution < -0.4 is 11.1 Å². The van der Waals surface area contributed by atoms with E-state index in [1.54, 1.807) is 6.33 Å². The van der Waals surface area contributed by atoms with Gasteiger partial charge in [-0.05, 0) is 43.5 Å². The normalized spacial score (nSPS) is 15.0. The number of nitrogens with one attached hydrogen (secondary N) is 2. The number of H-pyrrole nitrogens is 1. The molecule has 1 aliphatic rings. The maximum Gasteiger partial charge on any atom is 0.231 e. The summed E-state index contributed by atoms with van der Waals surface area (Å²) < 4.78 is 2.22. The molecule has 3 aromatic heterocycles. The first kappa shape index (κ1) is 13.4. The third-order valence-electron chi connectivity index (χ3n) is 4.75. The lowest BCUT2D eigenvalue weighted by Crippen LogP contribution is -2.16. The summed E-state index contributed by atoms with van der Waals surface area (Å²) >= 11 is 0. The number of imidazole rings is 1. The molecule has 0 saturated heterocycles. The van der Waals surface area contributed by atoms with E-state index in [-0.39, 0.29) is 0 Å². The van der Waals surface area contributed by atoms with E-state index in [0.29, 0.717) is 17.8 Å². The zero-order valence-electron chi connectivity index (χ0n) is 13.0. The Morgan fingerprint density at radius 2 is 2.12 bits per heavy atom. The predicted octanol–water partition coefficient (Wildman–Crippen LogP) is 3.36. The highest BCUT2D eigenvalue weighted by atomic mass is 15.2. The topological polar surface area (TPSA) is 97.4 Å². The molecular weight excluding hydrogens is 302 g/mol. The molecule has 4 N–H and O–H groups in total. The minimum Gasteiger partial charge on any atom is -0.383 e. The first-order valence-corrected chi connectivity index (χ1v) is 8.12. The van der Waals surface area contributed by atoms with Crippen molar-refractivity contribution in [3.8, 4) is 0 Å². The number of rotatable bonds is 3. The number of hydrogen-bond acceptors (Lipinski definition) is 5. The minimum absolute atomic E-state index is 0.503. The van der Waals surface area contributed by atoms with Crippen LogP contribution in [0.1, 0.15) is 25.3 Å². The molecule has 4 aromatic rings. The van der Waals surface area contributed by atoms with Gasteiger partial charge in [-0.2, -0.15) is 9.97 Å². The lowest BCUT2D eigenvalue weighted by atomic mass is 9.93. The van der Waals surface area contributed by atoms with Crippen LogP contribution in [0.5, 0.6) is 0 Å². The highest BCUT2D eigenvalue weighted by Crippen LogP contribution is 2.35. The molecule has 7 heteroatoms. The van der Waals surface area contributed by atoms with Crippen molar-refractivity contribution in [3.05, 3.63) is 36.8 Å². The average Bonchev–Trinajstić information content (AvgIpc) is 3.13. The molecule has 1 saturated carbocycles. The molecule has 0 amide bonds. The van der Waals surface area contributed by atoms with Crippen LogP contribution in [0.3, 0.4) is 0 Å². The number of aromatic nitrogens is 5. The minimum atomic E-state index is 0.503. The number of benzene rings is 1. The zero-order valence-corrected chi connectivity index (χ0v) is 13.0. The molecule has 0 unspecified atom stereocenters. The molecule has 120 valence electrons. The lowest BCUT2D eigenvalue weighted by molar-refractivity contribution is 0.320. The number of fused-ring (bicyclic) bond motifs is 2. The SMILES string of the molecule is Nc1nc(Nc2ccc3nc[nH]c3c2)nc2c1ccn2C1CCC1. The van der Waals surface area contributed by atoms with Gasteiger partial charge in [-0.15, -0.1) is 0 Å². The summed E-state index contributed by atoms with van der Waals surface area (Å²) in [7, 11) is 0. The van der Waals surface area contributed by atoms with Gasteiger partial charge in [-0.3, -0.25) is 0 Å². The first-order chi connectivity index (χ1) is 11.8. The summed E-state index contributed by atoms with van der Waals surface area (Å²) in [6.07, 6.45) is 7.43. The molecule has 3 heterocycles. The first-order valence-electron chi connectivity index (χ1n) is 8.12. The van der Waals surface area contributed by atoms with Gasteiger partial charge in [0.2, 0.25) is 5.95 Å². The number of aromatic amines is 1. The van der Waals surface area contributed by atoms with Gasteiger partial charge < -0.3 is 20.6 Å². The Morgan fingerprint density at radius 3 is 2.96 bits per heavy atom. The van der Waals surface area contributed by atoms with E-state index in [0.717, 1.165) is 27.8 Å². The number of anilines is 3. The Kier molecular flexibility index (Phi) is 2.76. The summed E-state index contributed by atoms with van der Waals surface area (Å²) in [6, 6.07) is 8.43. The van der Waals surface area contributed by atoms with Crippen molar-refractivity contribution in [1.29, 1.82) is 0 Å². The van der Waals surface area contributed by atoms with Gasteiger partial charge in [-0.25, -0.2) is 4.98 Å². The largest absolute Gasteiger partial charge is 0.383 e. The number of nitrogen functional groups attached to an aromatic ring is 1. The maximum atomic E-state index is 6.14. The third kappa shape index (κ3) is 2.01. The van der Waals surface area contributed by atoms with Crippen molar-refractivity contribution < 1.29 is 0 Å². The van der Waals surface area contributed by atoms with Crippen molar-refractivity contribution in [3.63, 3.8) is 0 Å². The highest BCUT2D eigenvalue weighted by Gasteiger charge is 2.22. The molecule has 0 radical (unpaired) electrons. The second kappa shape index (κ2) is 4.95. The number of hydrogen-bond donors (Lipinski definition) is 3. The van der Waals surface area contributed by atoms with Gasteiger partial charge >= 0.3 is 0 Å². The van der Waals surface area contributed by atoms with Crippen LogP contribution >= 0.6 is 0 Å². The van der Waals surface area contributed by atoms with Crippen LogP contribution in [0, 0.1) is 0 Å². The molecule has 0 spiro atoms. The van der Waals surface area contributed by atoms with E-state index in [1.165, 1.54) is 19.3 Å². The van der Waals surface area contributed by atoms with E-state index in [2.05, 4.69) is 31.0 Å². The van der Waals surface area contributed by atoms with Gasteiger partial charge in [0.15, 0.2) is 0 Å². The third-order valence-corrected chi connectivity index (χ3v) is 4.75. The standard InChI is InChI=1S/C17H17N7/c18-15-12-6-7-24(11-2-1-3-11)16(12)23-17(22-15)21-10-4-5-13-14(8-10)20-9-19-13/h4-9,11H,1-3H2,(H,19,20)(H3,18,21,22,23). The van der Waals surface area contributed by atoms with Gasteiger partial charge in [0.25, 0.3) is 0 Å². The summed E-state index contributed by atoms with van der Waals surface area (Å²) in [5.41, 5.74) is 9.82. The van der Waals surface area contributed by atoms with Crippen molar-refractivity contribution >= 4 is 39.5 Å². The second-order valence-electron chi connectivity index (χ2n) is 6.24. The molecule has 0 atom stereocenters. The Labute approximate surface area is 137 Å². The van der Waals surface area contributed by atoms with Gasteiger partial charge in [0, 0.05) is 17.9 Å². The maximum absolute atomic E-state index is 6.14. The van der Waals surface area contributed by atoms with Gasteiger partial charge in [0.1, 0.15) is 11.5 Å². The van der Waals surface area contributed by atoms with Crippen LogP contribution in [0.4, 0.5) is 17.5 Å². The number of nitrogens with two attached hydrogens (primary N) is 1. The Morgan fingerprint density at radius 1 is 1.21 bits per heavy atom. The fourth-order valence-corrected chi connectivity index (χ4v) is 3.21. The summed E-state index contributed by atoms with van der Waals surface area (Å²) in [5.74, 6) is 1.02. The van der Waals surface area contributed by atoms with Gasteiger partial charge in [-0.1, -0.05) is 0 Å². The average molecular weight is 319 g/mol. The fraction of sp³-hybridized carbons (Fsp3) is 0.235. The molecular formula is C17H17N7. The molecule has 1 fully saturated rings. The van der Waals surface area contributed by atoms with Crippen LogP contribution in [0.15, 0.2) is 36.8 Å². The predicted molar refractivity (Wildman–Crippen MR) is 94.2 cm³/mol. The molecule has 24 heavy (non-hydrogen) atoms. The van der Waals surface area contributed by atoms with E-state index >= 15 is 0 Å². The quantitative estimate of drug-likeness (QED) is 0.538. The van der Waals surface area contributed by atoms with E-state index < -0.39 is 0 Å². The van der Waals surface area contributed by atoms with Crippen LogP contribution in [-0.4, -0.2) is 24.5 Å². The Bertz CT molecular complexity index is 1040. The molecule has 5 rings (SSSR count). The highest BCUT2D eigenvalue weighted by molar-refractivity contribution is 5.88. The van der Waals surface area contributed by atoms with Crippen LogP contribution in [-0.2, 0) is 0 Å². The molecule has 7 nitrogen and oxygen atoms in total. The summed E-state index contributed by atoms with van der Waals surface area (Å²) in [4.78, 5) is 16.4. The molecule has 0 aliphatic heterocycles. The fourth-order valence-electron chi connectivity index (χ4n) is 3.21. The monoisotopic (exact) mass is 319 g/mol. The van der Waals surface area contributed by atoms with Gasteiger partial charge in [0.05, 0.1) is 22.7 Å². The summed E-state index contributed by atoms with van der Waals surface area (Å²) in [6.45, 7) is 0. The van der Waals surface area contributed by atoms with Crippen molar-refractivity contribution in [1.82, 2.24) is 24.5 Å². The molecule has 1 aromatic carbocycles. The lowest BCUT2D eigenvalue weighted by Gasteiger charge is -2.27. The van der Waals surface area contributed by atoms with E-state index in [1.807, 2.05) is 24.3 Å². The zero-order chi connectivity index (χ0) is 16.1. The smallest absolute Gasteiger partial charge is 0.231 e. The summed E-state index contributed by atoms with van der Waals surface area (Å²) in [5, 5.41) is 4.16. The Balaban J connectivity index is 1.55. The van der Waals surface area contributed by atoms with Crippen LogP contribution in [0.2, 0.25) is 0 Å². The van der Waals surface area contributed by atoms with E-state index in [4.69, 9.17) is 10.7 Å². The molecule has 0 bridgehead atoms. The molecule has 1 aliphatic carbocycles. The number of nitrogens with zero attached hydrogens (tertiary/aromatic N) is 4. The van der Waals surface area contributed by atoms with Crippen molar-refractivity contribution in [2.75, 3.05) is 11.1 Å². The van der Waals surface area contributed by atoms with E-state index in [9.17, 15) is 0 Å².